The van der Waals surface area contributed by atoms with Crippen LogP contribution in [0.15, 0.2) is 60.0 Å². The molecule has 3 aromatic heterocycles. The van der Waals surface area contributed by atoms with E-state index in [1.807, 2.05) is 12.4 Å². The van der Waals surface area contributed by atoms with Gasteiger partial charge in [-0.05, 0) is 48.2 Å². The number of anilines is 3. The van der Waals surface area contributed by atoms with Crippen LogP contribution in [0.2, 0.25) is 0 Å². The molecule has 0 unspecified atom stereocenters. The molecule has 35 heavy (non-hydrogen) atoms. The van der Waals surface area contributed by atoms with Gasteiger partial charge in [-0.25, -0.2) is 32.3 Å². The maximum atomic E-state index is 14.6. The lowest BCUT2D eigenvalue weighted by molar-refractivity contribution is 0.596. The van der Waals surface area contributed by atoms with Crippen molar-refractivity contribution in [2.24, 2.45) is 0 Å². The number of benzene rings is 1. The number of aromatic nitrogens is 5. The molecule has 4 aromatic rings. The number of fused-ring (bicyclic) bond motifs is 1. The second kappa shape index (κ2) is 9.06. The Morgan fingerprint density at radius 1 is 1.09 bits per heavy atom. The lowest BCUT2D eigenvalue weighted by Gasteiger charge is -2.26. The Balaban J connectivity index is 1.39. The molecule has 1 N–H and O–H groups in total. The van der Waals surface area contributed by atoms with Gasteiger partial charge < -0.3 is 10.2 Å². The zero-order valence-corrected chi connectivity index (χ0v) is 20.1. The summed E-state index contributed by atoms with van der Waals surface area (Å²) in [7, 11) is -3.50. The number of imidazole rings is 1. The average Bonchev–Trinajstić information content (AvgIpc) is 3.30. The first-order valence-corrected chi connectivity index (χ1v) is 13.1. The van der Waals surface area contributed by atoms with Crippen LogP contribution in [0.4, 0.5) is 21.7 Å². The highest BCUT2D eigenvalue weighted by atomic mass is 32.2. The summed E-state index contributed by atoms with van der Waals surface area (Å²) in [5.41, 5.74) is 4.31. The summed E-state index contributed by atoms with van der Waals surface area (Å²) in [5, 5.41) is 7.46. The van der Waals surface area contributed by atoms with Gasteiger partial charge in [0.25, 0.3) is 0 Å². The van der Waals surface area contributed by atoms with Gasteiger partial charge >= 0.3 is 0 Å². The minimum Gasteiger partial charge on any atom is -0.350 e. The van der Waals surface area contributed by atoms with Gasteiger partial charge in [0, 0.05) is 31.7 Å². The molecule has 5 rings (SSSR count). The van der Waals surface area contributed by atoms with Crippen LogP contribution in [-0.4, -0.2) is 52.3 Å². The summed E-state index contributed by atoms with van der Waals surface area (Å²) in [6.45, 7) is 3.51. The molecule has 9 nitrogen and oxygen atoms in total. The summed E-state index contributed by atoms with van der Waals surface area (Å²) >= 11 is 0. The number of aryl methyl sites for hydroxylation is 1. The number of hydrogen-bond donors (Lipinski definition) is 1. The van der Waals surface area contributed by atoms with E-state index in [4.69, 9.17) is 0 Å². The number of nitrogens with one attached hydrogen (secondary N) is 1. The third-order valence-corrected chi connectivity index (χ3v) is 7.07. The maximum absolute atomic E-state index is 14.6. The van der Waals surface area contributed by atoms with E-state index in [2.05, 4.69) is 43.3 Å². The van der Waals surface area contributed by atoms with Gasteiger partial charge in [0.2, 0.25) is 5.95 Å². The molecular formula is C24H24FN7O2S. The first-order valence-electron chi connectivity index (χ1n) is 11.2. The smallest absolute Gasteiger partial charge is 0.225 e. The third-order valence-electron chi connectivity index (χ3n) is 5.96. The molecular weight excluding hydrogens is 469 g/mol. The van der Waals surface area contributed by atoms with E-state index in [1.165, 1.54) is 12.1 Å². The van der Waals surface area contributed by atoms with Gasteiger partial charge in [-0.3, -0.25) is 0 Å². The Morgan fingerprint density at radius 3 is 2.54 bits per heavy atom. The van der Waals surface area contributed by atoms with Crippen LogP contribution >= 0.6 is 0 Å². The molecule has 1 aliphatic heterocycles. The molecule has 180 valence electrons. The quantitative estimate of drug-likeness (QED) is 0.434. The first-order chi connectivity index (χ1) is 16.8. The number of sulfone groups is 1. The van der Waals surface area contributed by atoms with E-state index in [1.54, 1.807) is 23.0 Å². The SMILES string of the molecule is CCc1cnc(N2CC=C(c3cnc4c(Nc5ccc(S(C)(=O)=O)cc5F)ccnn34)CC2)nc1. The van der Waals surface area contributed by atoms with E-state index in [-0.39, 0.29) is 10.6 Å². The van der Waals surface area contributed by atoms with Crippen LogP contribution in [0.1, 0.15) is 24.6 Å². The number of halogens is 1. The molecule has 0 bridgehead atoms. The van der Waals surface area contributed by atoms with Crippen LogP contribution in [0.3, 0.4) is 0 Å². The molecule has 0 fully saturated rings. The highest BCUT2D eigenvalue weighted by Crippen LogP contribution is 2.29. The van der Waals surface area contributed by atoms with Crippen molar-refractivity contribution in [3.8, 4) is 0 Å². The molecule has 0 saturated carbocycles. The molecule has 0 amide bonds. The Bertz CT molecular complexity index is 1530. The largest absolute Gasteiger partial charge is 0.350 e. The van der Waals surface area contributed by atoms with Gasteiger partial charge in [0.05, 0.1) is 34.4 Å². The molecule has 0 radical (unpaired) electrons. The summed E-state index contributed by atoms with van der Waals surface area (Å²) in [5.74, 6) is 0.0445. The molecule has 0 spiro atoms. The predicted octanol–water partition coefficient (Wildman–Crippen LogP) is 3.66. The Kier molecular flexibility index (Phi) is 5.93. The van der Waals surface area contributed by atoms with Crippen molar-refractivity contribution < 1.29 is 12.8 Å². The minimum absolute atomic E-state index is 0.0755. The topological polar surface area (TPSA) is 105 Å². The Morgan fingerprint density at radius 2 is 1.89 bits per heavy atom. The fourth-order valence-corrected chi connectivity index (χ4v) is 4.59. The van der Waals surface area contributed by atoms with E-state index in [9.17, 15) is 12.8 Å². The predicted molar refractivity (Wildman–Crippen MR) is 132 cm³/mol. The van der Waals surface area contributed by atoms with Crippen LogP contribution < -0.4 is 10.2 Å². The second-order valence-electron chi connectivity index (χ2n) is 8.33. The maximum Gasteiger partial charge on any atom is 0.225 e. The molecule has 1 aliphatic rings. The zero-order valence-electron chi connectivity index (χ0n) is 19.3. The molecule has 1 aromatic carbocycles. The zero-order chi connectivity index (χ0) is 24.6. The van der Waals surface area contributed by atoms with Gasteiger partial charge in [-0.2, -0.15) is 5.10 Å². The van der Waals surface area contributed by atoms with Crippen LogP contribution in [0.5, 0.6) is 0 Å². The van der Waals surface area contributed by atoms with Gasteiger partial charge in [-0.1, -0.05) is 13.0 Å². The molecule has 0 aliphatic carbocycles. The van der Waals surface area contributed by atoms with Crippen molar-refractivity contribution in [3.63, 3.8) is 0 Å². The fourth-order valence-electron chi connectivity index (χ4n) is 3.96. The van der Waals surface area contributed by atoms with Crippen LogP contribution in [0, 0.1) is 5.82 Å². The second-order valence-corrected chi connectivity index (χ2v) is 10.3. The highest BCUT2D eigenvalue weighted by molar-refractivity contribution is 7.90. The summed E-state index contributed by atoms with van der Waals surface area (Å²) in [6.07, 6.45) is 11.9. The van der Waals surface area contributed by atoms with Crippen molar-refractivity contribution >= 4 is 38.4 Å². The molecule has 0 saturated heterocycles. The fraction of sp³-hybridized carbons (Fsp3) is 0.250. The van der Waals surface area contributed by atoms with Crippen molar-refractivity contribution in [3.05, 3.63) is 72.2 Å². The summed E-state index contributed by atoms with van der Waals surface area (Å²) < 4.78 is 39.7. The molecule has 0 atom stereocenters. The normalized spacial score (nSPS) is 14.3. The van der Waals surface area contributed by atoms with Crippen LogP contribution in [-0.2, 0) is 16.3 Å². The van der Waals surface area contributed by atoms with E-state index < -0.39 is 15.7 Å². The van der Waals surface area contributed by atoms with E-state index in [0.717, 1.165) is 48.5 Å². The standard InChI is InChI=1S/C24H24FN7O2S/c1-3-16-13-27-24(28-14-16)31-10-7-17(8-11-31)22-15-26-23-21(6-9-29-32(22)23)30-20-5-4-18(12-19(20)25)35(2,33)34/h4-7,9,12-15,30H,3,8,10-11H2,1-2H3. The third kappa shape index (κ3) is 4.59. The summed E-state index contributed by atoms with van der Waals surface area (Å²) in [6, 6.07) is 5.48. The Labute approximate surface area is 202 Å². The molecule has 11 heteroatoms. The van der Waals surface area contributed by atoms with Crippen LogP contribution in [0.25, 0.3) is 11.2 Å². The van der Waals surface area contributed by atoms with Crippen molar-refractivity contribution in [1.82, 2.24) is 24.6 Å². The van der Waals surface area contributed by atoms with Gasteiger partial charge in [0.15, 0.2) is 15.5 Å². The first kappa shape index (κ1) is 22.9. The monoisotopic (exact) mass is 493 g/mol. The lowest BCUT2D eigenvalue weighted by atomic mass is 10.1. The van der Waals surface area contributed by atoms with Gasteiger partial charge in [-0.15, -0.1) is 0 Å². The lowest BCUT2D eigenvalue weighted by Crippen LogP contribution is -2.30. The van der Waals surface area contributed by atoms with E-state index >= 15 is 0 Å². The highest BCUT2D eigenvalue weighted by Gasteiger charge is 2.19. The van der Waals surface area contributed by atoms with Gasteiger partial charge in [0.1, 0.15) is 5.82 Å². The number of nitrogens with zero attached hydrogens (tertiary/aromatic N) is 6. The van der Waals surface area contributed by atoms with Crippen molar-refractivity contribution in [2.75, 3.05) is 29.6 Å². The average molecular weight is 494 g/mol. The number of rotatable bonds is 6. The van der Waals surface area contributed by atoms with Crippen molar-refractivity contribution in [2.45, 2.75) is 24.7 Å². The number of hydrogen-bond acceptors (Lipinski definition) is 8. The Hall–Kier alpha value is -3.86. The molecule has 4 heterocycles. The van der Waals surface area contributed by atoms with Crippen molar-refractivity contribution in [1.29, 1.82) is 0 Å². The summed E-state index contributed by atoms with van der Waals surface area (Å²) in [4.78, 5) is 15.5. The van der Waals surface area contributed by atoms with E-state index in [0.29, 0.717) is 23.8 Å². The minimum atomic E-state index is -3.50.